The van der Waals surface area contributed by atoms with Gasteiger partial charge in [0.2, 0.25) is 0 Å². The Labute approximate surface area is 143 Å². The van der Waals surface area contributed by atoms with Crippen LogP contribution in [0.3, 0.4) is 0 Å². The Morgan fingerprint density at radius 3 is 2.96 bits per heavy atom. The molecule has 0 atom stereocenters. The summed E-state index contributed by atoms with van der Waals surface area (Å²) in [4.78, 5) is 20.7. The molecule has 0 saturated heterocycles. The third-order valence-electron chi connectivity index (χ3n) is 4.41. The molecule has 0 aromatic heterocycles. The summed E-state index contributed by atoms with van der Waals surface area (Å²) in [7, 11) is 0. The summed E-state index contributed by atoms with van der Waals surface area (Å²) in [6.45, 7) is 6.85. The second kappa shape index (κ2) is 7.51. The number of ether oxygens (including phenoxy) is 1. The maximum Gasteiger partial charge on any atom is 0.414 e. The van der Waals surface area contributed by atoms with Crippen LogP contribution in [0.25, 0.3) is 0 Å². The lowest BCUT2D eigenvalue weighted by Crippen LogP contribution is -2.31. The summed E-state index contributed by atoms with van der Waals surface area (Å²) < 4.78 is 5.30. The molecule has 0 bridgehead atoms. The highest BCUT2D eigenvalue weighted by atomic mass is 16.6. The van der Waals surface area contributed by atoms with Crippen molar-refractivity contribution in [2.24, 2.45) is 4.99 Å². The maximum absolute atomic E-state index is 12.3. The van der Waals surface area contributed by atoms with Crippen LogP contribution < -0.4 is 9.80 Å². The zero-order valence-electron chi connectivity index (χ0n) is 14.5. The summed E-state index contributed by atoms with van der Waals surface area (Å²) in [6, 6.07) is 6.26. The summed E-state index contributed by atoms with van der Waals surface area (Å²) in [5.41, 5.74) is 4.56. The summed E-state index contributed by atoms with van der Waals surface area (Å²) in [5.74, 6) is 0. The van der Waals surface area contributed by atoms with E-state index in [-0.39, 0.29) is 6.09 Å². The Balaban J connectivity index is 1.78. The van der Waals surface area contributed by atoms with Crippen molar-refractivity contribution in [1.29, 1.82) is 0 Å². The molecule has 2 aliphatic rings. The van der Waals surface area contributed by atoms with Gasteiger partial charge >= 0.3 is 6.09 Å². The van der Waals surface area contributed by atoms with Crippen molar-refractivity contribution in [3.63, 3.8) is 0 Å². The van der Waals surface area contributed by atoms with E-state index in [0.717, 1.165) is 43.7 Å². The van der Waals surface area contributed by atoms with E-state index in [4.69, 9.17) is 4.74 Å². The Hall–Kier alpha value is -2.30. The second-order valence-electron chi connectivity index (χ2n) is 6.09. The molecule has 3 rings (SSSR count). The van der Waals surface area contributed by atoms with E-state index in [1.165, 1.54) is 11.3 Å². The number of rotatable bonds is 6. The van der Waals surface area contributed by atoms with Gasteiger partial charge in [0.05, 0.1) is 18.8 Å². The van der Waals surface area contributed by atoms with E-state index in [9.17, 15) is 4.79 Å². The molecule has 2 heterocycles. The molecular weight excluding hydrogens is 302 g/mol. The van der Waals surface area contributed by atoms with Crippen LogP contribution in [0.4, 0.5) is 16.2 Å². The van der Waals surface area contributed by atoms with Gasteiger partial charge in [-0.15, -0.1) is 0 Å². The Morgan fingerprint density at radius 2 is 2.25 bits per heavy atom. The Bertz CT molecular complexity index is 667. The molecule has 0 saturated carbocycles. The van der Waals surface area contributed by atoms with Gasteiger partial charge in [0.1, 0.15) is 0 Å². The average Bonchev–Trinajstić information content (AvgIpc) is 3.24. The number of benzene rings is 1. The third kappa shape index (κ3) is 3.45. The van der Waals surface area contributed by atoms with Gasteiger partial charge < -0.3 is 9.64 Å². The molecule has 0 N–H and O–H groups in total. The zero-order chi connectivity index (χ0) is 16.9. The van der Waals surface area contributed by atoms with Crippen molar-refractivity contribution in [3.8, 4) is 0 Å². The quantitative estimate of drug-likeness (QED) is 0.799. The third-order valence-corrected chi connectivity index (χ3v) is 4.41. The summed E-state index contributed by atoms with van der Waals surface area (Å²) in [5, 5.41) is 0. The molecular formula is C19H25N3O2. The monoisotopic (exact) mass is 327 g/mol. The van der Waals surface area contributed by atoms with Gasteiger partial charge in [0, 0.05) is 37.1 Å². The Morgan fingerprint density at radius 1 is 1.38 bits per heavy atom. The predicted octanol–water partition coefficient (Wildman–Crippen LogP) is 3.78. The van der Waals surface area contributed by atoms with Crippen molar-refractivity contribution in [2.45, 2.75) is 33.1 Å². The van der Waals surface area contributed by atoms with Crippen LogP contribution in [0.2, 0.25) is 0 Å². The number of carbonyl (C=O) groups is 1. The van der Waals surface area contributed by atoms with Gasteiger partial charge in [-0.2, -0.15) is 0 Å². The predicted molar refractivity (Wildman–Crippen MR) is 98.2 cm³/mol. The molecule has 0 radical (unpaired) electrons. The fourth-order valence-electron chi connectivity index (χ4n) is 3.16. The van der Waals surface area contributed by atoms with Crippen LogP contribution in [0, 0.1) is 0 Å². The standard InChI is InChI=1S/C19H25N3O2/c1-3-12-24-19(23)22(4-2)17-8-7-15-9-11-21(18(15)13-17)14-16-6-5-10-20-16/h6-8,10,13H,3-5,9,11-12,14H2,1-2H3. The van der Waals surface area contributed by atoms with Gasteiger partial charge in [-0.1, -0.05) is 19.1 Å². The number of aliphatic imine (C=N–C) groups is 1. The number of nitrogens with zero attached hydrogens (tertiary/aromatic N) is 3. The number of fused-ring (bicyclic) bond motifs is 1. The minimum absolute atomic E-state index is 0.271. The first-order valence-electron chi connectivity index (χ1n) is 8.76. The molecule has 1 amide bonds. The molecule has 0 fully saturated rings. The van der Waals surface area contributed by atoms with Gasteiger partial charge in [-0.05, 0) is 37.5 Å². The van der Waals surface area contributed by atoms with Crippen molar-refractivity contribution >= 4 is 23.7 Å². The topological polar surface area (TPSA) is 45.1 Å². The van der Waals surface area contributed by atoms with Crippen LogP contribution in [0.5, 0.6) is 0 Å². The van der Waals surface area contributed by atoms with Crippen LogP contribution in [-0.4, -0.2) is 38.5 Å². The molecule has 1 aromatic rings. The first-order valence-corrected chi connectivity index (χ1v) is 8.76. The van der Waals surface area contributed by atoms with Crippen molar-refractivity contribution in [1.82, 2.24) is 0 Å². The highest BCUT2D eigenvalue weighted by Gasteiger charge is 2.23. The normalized spacial score (nSPS) is 15.4. The van der Waals surface area contributed by atoms with E-state index in [0.29, 0.717) is 13.2 Å². The van der Waals surface area contributed by atoms with Crippen LogP contribution >= 0.6 is 0 Å². The Kier molecular flexibility index (Phi) is 5.18. The first-order chi connectivity index (χ1) is 11.7. The molecule has 2 aliphatic heterocycles. The maximum atomic E-state index is 12.3. The molecule has 1 aromatic carbocycles. The average molecular weight is 327 g/mol. The summed E-state index contributed by atoms with van der Waals surface area (Å²) >= 11 is 0. The van der Waals surface area contributed by atoms with E-state index in [1.807, 2.05) is 26.1 Å². The van der Waals surface area contributed by atoms with E-state index in [1.54, 1.807) is 4.90 Å². The number of carbonyl (C=O) groups excluding carboxylic acids is 1. The highest BCUT2D eigenvalue weighted by Crippen LogP contribution is 2.33. The fourth-order valence-corrected chi connectivity index (χ4v) is 3.16. The fraction of sp³-hybridized carbons (Fsp3) is 0.474. The second-order valence-corrected chi connectivity index (χ2v) is 6.09. The minimum Gasteiger partial charge on any atom is -0.449 e. The first kappa shape index (κ1) is 16.6. The molecule has 5 heteroatoms. The lowest BCUT2D eigenvalue weighted by molar-refractivity contribution is 0.154. The van der Waals surface area contributed by atoms with Crippen molar-refractivity contribution < 1.29 is 9.53 Å². The lowest BCUT2D eigenvalue weighted by Gasteiger charge is -2.24. The molecule has 24 heavy (non-hydrogen) atoms. The molecule has 0 spiro atoms. The molecule has 128 valence electrons. The number of hydrogen-bond donors (Lipinski definition) is 0. The van der Waals surface area contributed by atoms with Gasteiger partial charge in [-0.3, -0.25) is 9.89 Å². The molecule has 0 unspecified atom stereocenters. The smallest absolute Gasteiger partial charge is 0.414 e. The van der Waals surface area contributed by atoms with Crippen LogP contribution in [-0.2, 0) is 11.2 Å². The van der Waals surface area contributed by atoms with E-state index in [2.05, 4.69) is 28.1 Å². The molecule has 0 aliphatic carbocycles. The van der Waals surface area contributed by atoms with Gasteiger partial charge in [-0.25, -0.2) is 4.79 Å². The van der Waals surface area contributed by atoms with Crippen molar-refractivity contribution in [2.75, 3.05) is 36.0 Å². The SMILES string of the molecule is CCCOC(=O)N(CC)c1ccc2c(c1)N(CC1=CCC=N1)CC2. The molecule has 5 nitrogen and oxygen atoms in total. The van der Waals surface area contributed by atoms with Gasteiger partial charge in [0.15, 0.2) is 0 Å². The summed E-state index contributed by atoms with van der Waals surface area (Å²) in [6.07, 6.45) is 6.65. The largest absolute Gasteiger partial charge is 0.449 e. The van der Waals surface area contributed by atoms with Crippen molar-refractivity contribution in [3.05, 3.63) is 35.5 Å². The van der Waals surface area contributed by atoms with Gasteiger partial charge in [0.25, 0.3) is 0 Å². The van der Waals surface area contributed by atoms with Crippen LogP contribution in [0.1, 0.15) is 32.3 Å². The zero-order valence-corrected chi connectivity index (χ0v) is 14.5. The highest BCUT2D eigenvalue weighted by molar-refractivity contribution is 5.88. The van der Waals surface area contributed by atoms with E-state index < -0.39 is 0 Å². The lowest BCUT2D eigenvalue weighted by atomic mass is 10.1. The number of anilines is 2. The van der Waals surface area contributed by atoms with Crippen LogP contribution in [0.15, 0.2) is 35.0 Å². The number of amides is 1. The number of allylic oxidation sites excluding steroid dienone is 1. The number of hydrogen-bond acceptors (Lipinski definition) is 4. The van der Waals surface area contributed by atoms with E-state index >= 15 is 0 Å². The minimum atomic E-state index is -0.271.